The molecule has 1 saturated heterocycles. The van der Waals surface area contributed by atoms with Crippen LogP contribution in [-0.4, -0.2) is 35.3 Å². The van der Waals surface area contributed by atoms with Crippen molar-refractivity contribution in [3.63, 3.8) is 0 Å². The molecule has 1 heterocycles. The number of nitriles is 1. The number of nitrogens with zero attached hydrogens (tertiary/aromatic N) is 1. The molecule has 2 atom stereocenters. The topological polar surface area (TPSA) is 45.0 Å². The lowest BCUT2D eigenvalue weighted by Gasteiger charge is -2.38. The van der Waals surface area contributed by atoms with Gasteiger partial charge in [0.05, 0.1) is 6.07 Å². The van der Waals surface area contributed by atoms with Gasteiger partial charge in [-0.3, -0.25) is 5.32 Å². The van der Waals surface area contributed by atoms with Crippen molar-refractivity contribution >= 4 is 11.8 Å². The van der Waals surface area contributed by atoms with Crippen LogP contribution in [0.4, 0.5) is 0 Å². The fourth-order valence-corrected chi connectivity index (χ4v) is 5.00. The van der Waals surface area contributed by atoms with E-state index in [0.717, 1.165) is 31.3 Å². The van der Waals surface area contributed by atoms with Gasteiger partial charge in [-0.2, -0.15) is 17.0 Å². The first-order valence-corrected chi connectivity index (χ1v) is 8.66. The molecule has 1 N–H and O–H groups in total. The van der Waals surface area contributed by atoms with Gasteiger partial charge in [0, 0.05) is 29.8 Å². The average molecular weight is 280 g/mol. The van der Waals surface area contributed by atoms with Crippen molar-refractivity contribution in [2.75, 3.05) is 13.2 Å². The lowest BCUT2D eigenvalue weighted by atomic mass is 9.82. The van der Waals surface area contributed by atoms with Crippen LogP contribution in [0.5, 0.6) is 0 Å². The number of ether oxygens (including phenoxy) is 1. The molecule has 0 amide bonds. The SMILES string of the molecule is N#CC1(NC2CC2)CCCC(SC2CCOCC2)C1. The first-order valence-electron chi connectivity index (χ1n) is 7.72. The summed E-state index contributed by atoms with van der Waals surface area (Å²) < 4.78 is 5.43. The highest BCUT2D eigenvalue weighted by molar-refractivity contribution is 8.00. The maximum Gasteiger partial charge on any atom is 0.108 e. The van der Waals surface area contributed by atoms with Crippen molar-refractivity contribution in [2.24, 2.45) is 0 Å². The molecule has 3 rings (SSSR count). The third-order valence-corrected chi connectivity index (χ3v) is 6.17. The number of thioether (sulfide) groups is 1. The first-order chi connectivity index (χ1) is 9.30. The zero-order valence-electron chi connectivity index (χ0n) is 11.6. The maximum absolute atomic E-state index is 9.60. The summed E-state index contributed by atoms with van der Waals surface area (Å²) in [6.45, 7) is 1.85. The highest BCUT2D eigenvalue weighted by atomic mass is 32.2. The van der Waals surface area contributed by atoms with Gasteiger partial charge < -0.3 is 4.74 Å². The molecule has 0 aromatic carbocycles. The molecule has 106 valence electrons. The second-order valence-corrected chi connectivity index (χ2v) is 7.88. The molecule has 2 unspecified atom stereocenters. The average Bonchev–Trinajstić information content (AvgIpc) is 3.24. The van der Waals surface area contributed by atoms with E-state index < -0.39 is 0 Å². The van der Waals surface area contributed by atoms with E-state index in [-0.39, 0.29) is 5.54 Å². The van der Waals surface area contributed by atoms with Gasteiger partial charge in [-0.05, 0) is 51.4 Å². The fraction of sp³-hybridized carbons (Fsp3) is 0.933. The Morgan fingerprint density at radius 2 is 1.89 bits per heavy atom. The van der Waals surface area contributed by atoms with E-state index in [9.17, 15) is 5.26 Å². The van der Waals surface area contributed by atoms with Crippen LogP contribution in [0.15, 0.2) is 0 Å². The molecule has 3 fully saturated rings. The third kappa shape index (κ3) is 3.65. The summed E-state index contributed by atoms with van der Waals surface area (Å²) in [6.07, 6.45) is 9.49. The zero-order chi connectivity index (χ0) is 13.1. The van der Waals surface area contributed by atoms with Gasteiger partial charge in [-0.1, -0.05) is 0 Å². The molecule has 2 saturated carbocycles. The maximum atomic E-state index is 9.60. The Bertz CT molecular complexity index is 347. The summed E-state index contributed by atoms with van der Waals surface area (Å²) >= 11 is 2.14. The van der Waals surface area contributed by atoms with Gasteiger partial charge in [0.1, 0.15) is 5.54 Å². The Morgan fingerprint density at radius 3 is 2.58 bits per heavy atom. The number of hydrogen-bond donors (Lipinski definition) is 1. The summed E-state index contributed by atoms with van der Waals surface area (Å²) in [6, 6.07) is 3.24. The smallest absolute Gasteiger partial charge is 0.108 e. The highest BCUT2D eigenvalue weighted by Crippen LogP contribution is 2.40. The second kappa shape index (κ2) is 6.03. The Kier molecular flexibility index (Phi) is 4.36. The molecule has 2 aliphatic carbocycles. The molecular weight excluding hydrogens is 256 g/mol. The summed E-state index contributed by atoms with van der Waals surface area (Å²) in [5.74, 6) is 0. The van der Waals surface area contributed by atoms with E-state index in [0.29, 0.717) is 11.3 Å². The monoisotopic (exact) mass is 280 g/mol. The van der Waals surface area contributed by atoms with E-state index in [4.69, 9.17) is 4.74 Å². The van der Waals surface area contributed by atoms with Gasteiger partial charge in [0.2, 0.25) is 0 Å². The van der Waals surface area contributed by atoms with Crippen LogP contribution in [0.25, 0.3) is 0 Å². The van der Waals surface area contributed by atoms with Gasteiger partial charge in [0.15, 0.2) is 0 Å². The van der Waals surface area contributed by atoms with Crippen molar-refractivity contribution in [3.8, 4) is 6.07 Å². The van der Waals surface area contributed by atoms with Gasteiger partial charge in [-0.25, -0.2) is 0 Å². The van der Waals surface area contributed by atoms with E-state index in [1.54, 1.807) is 0 Å². The van der Waals surface area contributed by atoms with E-state index >= 15 is 0 Å². The molecule has 1 aliphatic heterocycles. The van der Waals surface area contributed by atoms with Crippen LogP contribution in [0, 0.1) is 11.3 Å². The molecule has 0 bridgehead atoms. The van der Waals surface area contributed by atoms with Gasteiger partial charge in [-0.15, -0.1) is 0 Å². The van der Waals surface area contributed by atoms with Crippen LogP contribution in [0.2, 0.25) is 0 Å². The van der Waals surface area contributed by atoms with Crippen molar-refractivity contribution in [1.29, 1.82) is 5.26 Å². The van der Waals surface area contributed by atoms with Crippen molar-refractivity contribution in [3.05, 3.63) is 0 Å². The predicted molar refractivity (Wildman–Crippen MR) is 78.2 cm³/mol. The molecule has 0 aromatic heterocycles. The van der Waals surface area contributed by atoms with Gasteiger partial charge >= 0.3 is 0 Å². The largest absolute Gasteiger partial charge is 0.381 e. The van der Waals surface area contributed by atoms with Crippen LogP contribution >= 0.6 is 11.8 Å². The minimum Gasteiger partial charge on any atom is -0.381 e. The molecule has 19 heavy (non-hydrogen) atoms. The molecule has 0 aromatic rings. The quantitative estimate of drug-likeness (QED) is 0.860. The number of hydrogen-bond acceptors (Lipinski definition) is 4. The van der Waals surface area contributed by atoms with Crippen LogP contribution in [-0.2, 0) is 4.74 Å². The predicted octanol–water partition coefficient (Wildman–Crippen LogP) is 2.86. The Labute approximate surface area is 120 Å². The standard InChI is InChI=1S/C15H24N2OS/c16-11-15(17-12-3-4-12)7-1-2-14(10-15)19-13-5-8-18-9-6-13/h12-14,17H,1-10H2. The minimum atomic E-state index is -0.220. The zero-order valence-corrected chi connectivity index (χ0v) is 12.4. The Hall–Kier alpha value is -0.240. The van der Waals surface area contributed by atoms with Crippen molar-refractivity contribution < 1.29 is 4.74 Å². The van der Waals surface area contributed by atoms with E-state index in [1.807, 2.05) is 0 Å². The van der Waals surface area contributed by atoms with E-state index in [2.05, 4.69) is 23.1 Å². The summed E-state index contributed by atoms with van der Waals surface area (Å²) in [5, 5.41) is 14.7. The molecule has 4 heteroatoms. The minimum absolute atomic E-state index is 0.220. The Morgan fingerprint density at radius 1 is 1.11 bits per heavy atom. The second-order valence-electron chi connectivity index (χ2n) is 6.28. The molecule has 0 spiro atoms. The lowest BCUT2D eigenvalue weighted by molar-refractivity contribution is 0.0998. The summed E-state index contributed by atoms with van der Waals surface area (Å²) in [4.78, 5) is 0. The van der Waals surface area contributed by atoms with Crippen molar-refractivity contribution in [1.82, 2.24) is 5.32 Å². The van der Waals surface area contributed by atoms with Crippen molar-refractivity contribution in [2.45, 2.75) is 73.4 Å². The highest BCUT2D eigenvalue weighted by Gasteiger charge is 2.41. The summed E-state index contributed by atoms with van der Waals surface area (Å²) in [7, 11) is 0. The van der Waals surface area contributed by atoms with Crippen LogP contribution < -0.4 is 5.32 Å². The van der Waals surface area contributed by atoms with E-state index in [1.165, 1.54) is 38.5 Å². The number of nitrogens with one attached hydrogen (secondary N) is 1. The van der Waals surface area contributed by atoms with Gasteiger partial charge in [0.25, 0.3) is 0 Å². The number of rotatable bonds is 4. The summed E-state index contributed by atoms with van der Waals surface area (Å²) in [5.41, 5.74) is -0.220. The normalized spacial score (nSPS) is 36.9. The molecule has 3 nitrogen and oxygen atoms in total. The Balaban J connectivity index is 1.55. The first kappa shape index (κ1) is 13.7. The molecule has 3 aliphatic rings. The lowest BCUT2D eigenvalue weighted by Crippen LogP contribution is -2.49. The fourth-order valence-electron chi connectivity index (χ4n) is 3.31. The van der Waals surface area contributed by atoms with Crippen LogP contribution in [0.1, 0.15) is 51.4 Å². The molecular formula is C15H24N2OS. The van der Waals surface area contributed by atoms with Crippen LogP contribution in [0.3, 0.4) is 0 Å². The molecule has 0 radical (unpaired) electrons. The third-order valence-electron chi connectivity index (χ3n) is 4.53.